The quantitative estimate of drug-likeness (QED) is 0.690. The van der Waals surface area contributed by atoms with Crippen molar-refractivity contribution in [2.24, 2.45) is 0 Å². The highest BCUT2D eigenvalue weighted by Gasteiger charge is 2.33. The van der Waals surface area contributed by atoms with Crippen molar-refractivity contribution in [2.45, 2.75) is 11.8 Å². The summed E-state index contributed by atoms with van der Waals surface area (Å²) in [4.78, 5) is 10.5. The standard InChI is InChI=1S/C23H20O4/c24-12-13-26-19-9-6-17(7-10-19)23-20-11-8-18(25)14-22(20)27-15-21(23)16-4-2-1-3-5-16/h1-12,14,21,23,25H,13,15H2. The fraction of sp³-hybridized carbons (Fsp3) is 0.174. The van der Waals surface area contributed by atoms with Crippen LogP contribution in [0.3, 0.4) is 0 Å². The van der Waals surface area contributed by atoms with E-state index in [0.29, 0.717) is 18.1 Å². The molecule has 2 unspecified atom stereocenters. The predicted molar refractivity (Wildman–Crippen MR) is 103 cm³/mol. The third-order valence-corrected chi connectivity index (χ3v) is 4.94. The van der Waals surface area contributed by atoms with E-state index in [2.05, 4.69) is 12.1 Å². The van der Waals surface area contributed by atoms with Gasteiger partial charge in [0.25, 0.3) is 0 Å². The van der Waals surface area contributed by atoms with Gasteiger partial charge in [0.2, 0.25) is 0 Å². The van der Waals surface area contributed by atoms with E-state index >= 15 is 0 Å². The lowest BCUT2D eigenvalue weighted by Crippen LogP contribution is -2.25. The van der Waals surface area contributed by atoms with E-state index in [1.165, 1.54) is 5.56 Å². The molecule has 1 aliphatic heterocycles. The summed E-state index contributed by atoms with van der Waals surface area (Å²) in [6.07, 6.45) is 0.737. The SMILES string of the molecule is O=CCOc1ccc(C2c3ccc(O)cc3OCC2c2ccccc2)cc1. The van der Waals surface area contributed by atoms with Crippen LogP contribution in [0, 0.1) is 0 Å². The largest absolute Gasteiger partial charge is 0.508 e. The Hall–Kier alpha value is -3.27. The van der Waals surface area contributed by atoms with Crippen LogP contribution in [0.2, 0.25) is 0 Å². The number of carbonyl (C=O) groups excluding carboxylic acids is 1. The van der Waals surface area contributed by atoms with Crippen LogP contribution in [0.15, 0.2) is 72.8 Å². The number of aromatic hydroxyl groups is 1. The zero-order valence-corrected chi connectivity index (χ0v) is 14.7. The van der Waals surface area contributed by atoms with Crippen LogP contribution in [0.4, 0.5) is 0 Å². The summed E-state index contributed by atoms with van der Waals surface area (Å²) in [5.74, 6) is 1.83. The molecule has 0 saturated heterocycles. The zero-order valence-electron chi connectivity index (χ0n) is 14.7. The number of phenols is 1. The van der Waals surface area contributed by atoms with Gasteiger partial charge in [-0.15, -0.1) is 0 Å². The van der Waals surface area contributed by atoms with Crippen LogP contribution >= 0.6 is 0 Å². The number of aldehydes is 1. The summed E-state index contributed by atoms with van der Waals surface area (Å²) in [7, 11) is 0. The first-order valence-electron chi connectivity index (χ1n) is 8.93. The first-order chi connectivity index (χ1) is 13.3. The van der Waals surface area contributed by atoms with Crippen LogP contribution < -0.4 is 9.47 Å². The Morgan fingerprint density at radius 1 is 1.00 bits per heavy atom. The highest BCUT2D eigenvalue weighted by Crippen LogP contribution is 2.47. The molecule has 0 aromatic heterocycles. The van der Waals surface area contributed by atoms with Crippen molar-refractivity contribution in [3.8, 4) is 17.2 Å². The van der Waals surface area contributed by atoms with Gasteiger partial charge in [0, 0.05) is 23.5 Å². The number of phenolic OH excluding ortho intramolecular Hbond substituents is 1. The van der Waals surface area contributed by atoms with Crippen LogP contribution in [0.25, 0.3) is 0 Å². The molecular weight excluding hydrogens is 340 g/mol. The van der Waals surface area contributed by atoms with Gasteiger partial charge in [-0.3, -0.25) is 4.79 Å². The molecular formula is C23H20O4. The summed E-state index contributed by atoms with van der Waals surface area (Å²) >= 11 is 0. The van der Waals surface area contributed by atoms with Crippen LogP contribution in [-0.4, -0.2) is 24.6 Å². The molecule has 4 rings (SSSR count). The van der Waals surface area contributed by atoms with Crippen molar-refractivity contribution >= 4 is 6.29 Å². The molecule has 0 bridgehead atoms. The van der Waals surface area contributed by atoms with Crippen LogP contribution in [-0.2, 0) is 4.79 Å². The van der Waals surface area contributed by atoms with Crippen molar-refractivity contribution in [1.29, 1.82) is 0 Å². The molecule has 2 atom stereocenters. The number of ether oxygens (including phenoxy) is 2. The molecule has 0 amide bonds. The second-order valence-electron chi connectivity index (χ2n) is 6.57. The lowest BCUT2D eigenvalue weighted by Gasteiger charge is -2.34. The minimum absolute atomic E-state index is 0.0470. The lowest BCUT2D eigenvalue weighted by atomic mass is 9.76. The Bertz CT molecular complexity index is 919. The molecule has 1 heterocycles. The van der Waals surface area contributed by atoms with E-state index in [9.17, 15) is 9.90 Å². The Labute approximate surface area is 158 Å². The Balaban J connectivity index is 1.75. The van der Waals surface area contributed by atoms with Crippen molar-refractivity contribution in [2.75, 3.05) is 13.2 Å². The highest BCUT2D eigenvalue weighted by molar-refractivity contribution is 5.52. The van der Waals surface area contributed by atoms with Gasteiger partial charge in [-0.25, -0.2) is 0 Å². The van der Waals surface area contributed by atoms with Gasteiger partial charge in [-0.05, 0) is 29.3 Å². The Morgan fingerprint density at radius 3 is 2.52 bits per heavy atom. The van der Waals surface area contributed by atoms with Gasteiger partial charge in [0.05, 0.1) is 6.61 Å². The molecule has 0 saturated carbocycles. The first-order valence-corrected chi connectivity index (χ1v) is 8.93. The van der Waals surface area contributed by atoms with E-state index in [1.807, 2.05) is 48.5 Å². The average molecular weight is 360 g/mol. The molecule has 4 heteroatoms. The topological polar surface area (TPSA) is 55.8 Å². The maximum atomic E-state index is 10.5. The Morgan fingerprint density at radius 2 is 1.78 bits per heavy atom. The molecule has 1 aliphatic rings. The minimum Gasteiger partial charge on any atom is -0.508 e. The van der Waals surface area contributed by atoms with Crippen molar-refractivity contribution in [3.05, 3.63) is 89.5 Å². The normalized spacial score (nSPS) is 18.2. The summed E-state index contributed by atoms with van der Waals surface area (Å²) in [5.41, 5.74) is 3.40. The van der Waals surface area contributed by atoms with Crippen LogP contribution in [0.1, 0.15) is 28.5 Å². The maximum absolute atomic E-state index is 10.5. The number of hydrogen-bond acceptors (Lipinski definition) is 4. The molecule has 4 nitrogen and oxygen atoms in total. The average Bonchev–Trinajstić information content (AvgIpc) is 2.72. The molecule has 0 aliphatic carbocycles. The van der Waals surface area contributed by atoms with E-state index < -0.39 is 0 Å². The second kappa shape index (κ2) is 7.54. The molecule has 3 aromatic carbocycles. The number of fused-ring (bicyclic) bond motifs is 1. The number of hydrogen-bond donors (Lipinski definition) is 1. The monoisotopic (exact) mass is 360 g/mol. The zero-order chi connectivity index (χ0) is 18.6. The van der Waals surface area contributed by atoms with Gasteiger partial charge in [-0.2, -0.15) is 0 Å². The van der Waals surface area contributed by atoms with Gasteiger partial charge >= 0.3 is 0 Å². The first kappa shape index (κ1) is 17.2. The number of rotatable bonds is 5. The van der Waals surface area contributed by atoms with Crippen molar-refractivity contribution in [1.82, 2.24) is 0 Å². The molecule has 0 fully saturated rings. The lowest BCUT2D eigenvalue weighted by molar-refractivity contribution is -0.109. The second-order valence-corrected chi connectivity index (χ2v) is 6.57. The fourth-order valence-electron chi connectivity index (χ4n) is 3.70. The van der Waals surface area contributed by atoms with Gasteiger partial charge in [-0.1, -0.05) is 48.5 Å². The minimum atomic E-state index is 0.0470. The summed E-state index contributed by atoms with van der Waals surface area (Å²) in [6, 6.07) is 23.5. The third-order valence-electron chi connectivity index (χ3n) is 4.94. The van der Waals surface area contributed by atoms with Crippen molar-refractivity contribution < 1.29 is 19.4 Å². The van der Waals surface area contributed by atoms with Gasteiger partial charge in [0.15, 0.2) is 6.29 Å². The van der Waals surface area contributed by atoms with Gasteiger partial charge < -0.3 is 14.6 Å². The smallest absolute Gasteiger partial charge is 0.157 e. The molecule has 27 heavy (non-hydrogen) atoms. The molecule has 0 spiro atoms. The fourth-order valence-corrected chi connectivity index (χ4v) is 3.70. The summed E-state index contributed by atoms with van der Waals surface area (Å²) < 4.78 is 11.3. The third kappa shape index (κ3) is 3.51. The molecule has 3 aromatic rings. The maximum Gasteiger partial charge on any atom is 0.157 e. The van der Waals surface area contributed by atoms with Crippen molar-refractivity contribution in [3.63, 3.8) is 0 Å². The van der Waals surface area contributed by atoms with E-state index in [1.54, 1.807) is 12.1 Å². The summed E-state index contributed by atoms with van der Waals surface area (Å²) in [5, 5.41) is 9.82. The highest BCUT2D eigenvalue weighted by atomic mass is 16.5. The summed E-state index contributed by atoms with van der Waals surface area (Å²) in [6.45, 7) is 0.583. The molecule has 1 N–H and O–H groups in total. The number of carbonyl (C=O) groups is 1. The number of benzene rings is 3. The van der Waals surface area contributed by atoms with E-state index in [4.69, 9.17) is 9.47 Å². The Kier molecular flexibility index (Phi) is 4.79. The van der Waals surface area contributed by atoms with E-state index in [-0.39, 0.29) is 24.2 Å². The van der Waals surface area contributed by atoms with Crippen LogP contribution in [0.5, 0.6) is 17.2 Å². The van der Waals surface area contributed by atoms with E-state index in [0.717, 1.165) is 17.4 Å². The molecule has 0 radical (unpaired) electrons. The molecule has 136 valence electrons. The predicted octanol–water partition coefficient (Wildman–Crippen LogP) is 4.28. The van der Waals surface area contributed by atoms with Gasteiger partial charge in [0.1, 0.15) is 23.9 Å².